The maximum absolute atomic E-state index is 12.3. The van der Waals surface area contributed by atoms with Gasteiger partial charge in [0.05, 0.1) is 19.3 Å². The van der Waals surface area contributed by atoms with Crippen molar-refractivity contribution in [3.63, 3.8) is 0 Å². The molecule has 0 atom stereocenters. The molecular formula is C19H21NO3. The number of hydrogen-bond acceptors (Lipinski definition) is 4. The van der Waals surface area contributed by atoms with E-state index >= 15 is 0 Å². The molecule has 0 bridgehead atoms. The summed E-state index contributed by atoms with van der Waals surface area (Å²) >= 11 is 0. The Hall–Kier alpha value is -2.33. The zero-order chi connectivity index (χ0) is 16.6. The summed E-state index contributed by atoms with van der Waals surface area (Å²) in [7, 11) is 1.63. The lowest BCUT2D eigenvalue weighted by molar-refractivity contribution is -0.122. The van der Waals surface area contributed by atoms with Crippen LogP contribution in [-0.4, -0.2) is 23.5 Å². The van der Waals surface area contributed by atoms with Crippen molar-refractivity contribution in [3.05, 3.63) is 47.5 Å². The molecule has 0 unspecified atom stereocenters. The van der Waals surface area contributed by atoms with Crippen LogP contribution in [0.2, 0.25) is 0 Å². The molecule has 1 heterocycles. The van der Waals surface area contributed by atoms with Gasteiger partial charge in [-0.1, -0.05) is 24.3 Å². The van der Waals surface area contributed by atoms with E-state index in [1.807, 2.05) is 50.2 Å². The van der Waals surface area contributed by atoms with Crippen LogP contribution in [0.1, 0.15) is 25.0 Å². The molecule has 0 amide bonds. The highest BCUT2D eigenvalue weighted by Gasteiger charge is 2.34. The summed E-state index contributed by atoms with van der Waals surface area (Å²) in [6.07, 6.45) is 0.328. The maximum Gasteiger partial charge on any atom is 0.162 e. The number of carbonyl (C=O) groups excluding carboxylic acids is 1. The van der Waals surface area contributed by atoms with E-state index in [0.717, 1.165) is 33.7 Å². The largest absolute Gasteiger partial charge is 0.496 e. The van der Waals surface area contributed by atoms with Crippen molar-refractivity contribution in [1.29, 1.82) is 0 Å². The van der Waals surface area contributed by atoms with Gasteiger partial charge in [0.15, 0.2) is 5.78 Å². The van der Waals surface area contributed by atoms with Gasteiger partial charge in [-0.05, 0) is 42.7 Å². The number of nitrogens with one attached hydrogen (secondary N) is 1. The van der Waals surface area contributed by atoms with Crippen LogP contribution in [0.4, 0.5) is 5.69 Å². The maximum atomic E-state index is 12.3. The molecule has 120 valence electrons. The van der Waals surface area contributed by atoms with E-state index in [9.17, 15) is 9.90 Å². The van der Waals surface area contributed by atoms with Crippen LogP contribution in [0.25, 0.3) is 11.1 Å². The Kier molecular flexibility index (Phi) is 3.86. The summed E-state index contributed by atoms with van der Waals surface area (Å²) in [5, 5.41) is 13.2. The molecule has 2 aromatic rings. The topological polar surface area (TPSA) is 58.6 Å². The molecule has 0 saturated carbocycles. The highest BCUT2D eigenvalue weighted by Crippen LogP contribution is 2.39. The number of Topliss-reactive ketones (excluding diaryl/α,β-unsaturated/α-hetero) is 1. The third-order valence-corrected chi connectivity index (χ3v) is 4.47. The van der Waals surface area contributed by atoms with Gasteiger partial charge in [0.2, 0.25) is 0 Å². The number of benzene rings is 2. The number of aliphatic hydroxyl groups excluding tert-OH is 1. The average Bonchev–Trinajstić information content (AvgIpc) is 2.54. The number of methoxy groups -OCH3 is 1. The second-order valence-electron chi connectivity index (χ2n) is 6.33. The Balaban J connectivity index is 2.19. The fraction of sp³-hybridized carbons (Fsp3) is 0.316. The molecule has 2 aromatic carbocycles. The Labute approximate surface area is 136 Å². The number of anilines is 1. The van der Waals surface area contributed by atoms with Crippen LogP contribution >= 0.6 is 0 Å². The van der Waals surface area contributed by atoms with E-state index in [1.54, 1.807) is 7.11 Å². The zero-order valence-corrected chi connectivity index (χ0v) is 13.6. The normalized spacial score (nSPS) is 15.7. The van der Waals surface area contributed by atoms with Crippen molar-refractivity contribution in [1.82, 2.24) is 0 Å². The third-order valence-electron chi connectivity index (χ3n) is 4.47. The molecule has 0 aromatic heterocycles. The molecule has 0 aliphatic carbocycles. The first-order chi connectivity index (χ1) is 11.0. The van der Waals surface area contributed by atoms with Crippen molar-refractivity contribution in [2.45, 2.75) is 32.4 Å². The second-order valence-corrected chi connectivity index (χ2v) is 6.33. The van der Waals surface area contributed by atoms with E-state index in [0.29, 0.717) is 6.42 Å². The number of para-hydroxylation sites is 1. The van der Waals surface area contributed by atoms with Gasteiger partial charge in [0.25, 0.3) is 0 Å². The summed E-state index contributed by atoms with van der Waals surface area (Å²) < 4.78 is 5.43. The molecule has 0 radical (unpaired) electrons. The molecule has 4 heteroatoms. The monoisotopic (exact) mass is 311 g/mol. The molecular weight excluding hydrogens is 290 g/mol. The van der Waals surface area contributed by atoms with Crippen molar-refractivity contribution in [3.8, 4) is 16.9 Å². The number of rotatable bonds is 3. The van der Waals surface area contributed by atoms with Gasteiger partial charge in [-0.15, -0.1) is 0 Å². The van der Waals surface area contributed by atoms with E-state index in [4.69, 9.17) is 4.74 Å². The average molecular weight is 311 g/mol. The smallest absolute Gasteiger partial charge is 0.162 e. The number of carbonyl (C=O) groups is 1. The number of ether oxygens (including phenoxy) is 1. The van der Waals surface area contributed by atoms with Crippen molar-refractivity contribution in [2.24, 2.45) is 0 Å². The van der Waals surface area contributed by atoms with Gasteiger partial charge in [0, 0.05) is 17.7 Å². The minimum atomic E-state index is -0.578. The summed E-state index contributed by atoms with van der Waals surface area (Å²) in [4.78, 5) is 12.3. The molecule has 1 aliphatic heterocycles. The van der Waals surface area contributed by atoms with Crippen LogP contribution in [0, 0.1) is 0 Å². The lowest BCUT2D eigenvalue weighted by Crippen LogP contribution is -2.45. The molecule has 0 fully saturated rings. The minimum Gasteiger partial charge on any atom is -0.496 e. The molecule has 4 nitrogen and oxygen atoms in total. The Morgan fingerprint density at radius 1 is 1.17 bits per heavy atom. The van der Waals surface area contributed by atoms with E-state index in [1.165, 1.54) is 0 Å². The zero-order valence-electron chi connectivity index (χ0n) is 13.6. The number of ketones is 1. The summed E-state index contributed by atoms with van der Waals surface area (Å²) in [6.45, 7) is 3.64. The van der Waals surface area contributed by atoms with Gasteiger partial charge in [-0.3, -0.25) is 4.79 Å². The van der Waals surface area contributed by atoms with Crippen molar-refractivity contribution in [2.75, 3.05) is 12.4 Å². The molecule has 2 N–H and O–H groups in total. The van der Waals surface area contributed by atoms with Gasteiger partial charge in [-0.2, -0.15) is 0 Å². The number of hydrogen-bond donors (Lipinski definition) is 2. The molecule has 23 heavy (non-hydrogen) atoms. The second kappa shape index (κ2) is 5.70. The standard InChI is InChI=1S/C19H21NO3/c1-19(2)18(22)10-14-15(11-21)12(8-9-16(14)20-19)13-6-4-5-7-17(13)23-3/h4-9,20-21H,10-11H2,1-3H3. The minimum absolute atomic E-state index is 0.119. The van der Waals surface area contributed by atoms with Gasteiger partial charge < -0.3 is 15.2 Å². The van der Waals surface area contributed by atoms with Gasteiger partial charge in [0.1, 0.15) is 5.75 Å². The Morgan fingerprint density at radius 3 is 2.61 bits per heavy atom. The first-order valence-electron chi connectivity index (χ1n) is 7.68. The lowest BCUT2D eigenvalue weighted by Gasteiger charge is -2.34. The number of aliphatic hydroxyl groups is 1. The Morgan fingerprint density at radius 2 is 1.91 bits per heavy atom. The van der Waals surface area contributed by atoms with E-state index in [2.05, 4.69) is 5.32 Å². The summed E-state index contributed by atoms with van der Waals surface area (Å²) in [5.74, 6) is 0.870. The summed E-state index contributed by atoms with van der Waals surface area (Å²) in [6, 6.07) is 11.6. The van der Waals surface area contributed by atoms with E-state index < -0.39 is 5.54 Å². The first kappa shape index (κ1) is 15.6. The highest BCUT2D eigenvalue weighted by molar-refractivity contribution is 5.97. The van der Waals surface area contributed by atoms with Crippen molar-refractivity contribution < 1.29 is 14.6 Å². The van der Waals surface area contributed by atoms with Crippen LogP contribution < -0.4 is 10.1 Å². The van der Waals surface area contributed by atoms with Gasteiger partial charge >= 0.3 is 0 Å². The van der Waals surface area contributed by atoms with Crippen molar-refractivity contribution >= 4 is 11.5 Å². The first-order valence-corrected chi connectivity index (χ1v) is 7.68. The van der Waals surface area contributed by atoms with Crippen LogP contribution in [0.5, 0.6) is 5.75 Å². The Bertz CT molecular complexity index is 765. The lowest BCUT2D eigenvalue weighted by atomic mass is 9.83. The van der Waals surface area contributed by atoms with Crippen LogP contribution in [0.15, 0.2) is 36.4 Å². The van der Waals surface area contributed by atoms with Crippen LogP contribution in [-0.2, 0) is 17.8 Å². The molecule has 0 spiro atoms. The molecule has 0 saturated heterocycles. The van der Waals surface area contributed by atoms with Gasteiger partial charge in [-0.25, -0.2) is 0 Å². The molecule has 1 aliphatic rings. The quantitative estimate of drug-likeness (QED) is 0.914. The van der Waals surface area contributed by atoms with E-state index in [-0.39, 0.29) is 12.4 Å². The fourth-order valence-electron chi connectivity index (χ4n) is 3.10. The predicted molar refractivity (Wildman–Crippen MR) is 90.8 cm³/mol. The summed E-state index contributed by atoms with van der Waals surface area (Å²) in [5.41, 5.74) is 3.81. The number of fused-ring (bicyclic) bond motifs is 1. The third kappa shape index (κ3) is 2.59. The highest BCUT2D eigenvalue weighted by atomic mass is 16.5. The fourth-order valence-corrected chi connectivity index (χ4v) is 3.10. The SMILES string of the molecule is COc1ccccc1-c1ccc2c(c1CO)CC(=O)C(C)(C)N2. The predicted octanol–water partition coefficient (Wildman–Crippen LogP) is 3.17. The molecule has 3 rings (SSSR count). The van der Waals surface area contributed by atoms with Crippen LogP contribution in [0.3, 0.4) is 0 Å².